The van der Waals surface area contributed by atoms with Gasteiger partial charge < -0.3 is 5.11 Å². The Labute approximate surface area is 176 Å². The summed E-state index contributed by atoms with van der Waals surface area (Å²) in [7, 11) is 3.43. The average Bonchev–Trinajstić information content (AvgIpc) is 3.18. The van der Waals surface area contributed by atoms with E-state index in [9.17, 15) is 9.18 Å². The average molecular weight is 420 g/mol. The van der Waals surface area contributed by atoms with Crippen LogP contribution in [0.1, 0.15) is 56.1 Å². The molecule has 0 fully saturated rings. The smallest absolute Gasteiger partial charge is 0.259 e. The van der Waals surface area contributed by atoms with E-state index in [1.807, 2.05) is 5.38 Å². The number of benzene rings is 1. The van der Waals surface area contributed by atoms with E-state index >= 15 is 0 Å². The normalized spacial score (nSPS) is 12.0. The monoisotopic (exact) mass is 419 g/mol. The zero-order valence-electron chi connectivity index (χ0n) is 17.8. The molecule has 158 valence electrons. The first-order chi connectivity index (χ1) is 13.7. The summed E-state index contributed by atoms with van der Waals surface area (Å²) in [6.45, 7) is 9.13. The number of thiazole rings is 1. The molecule has 1 aromatic carbocycles. The Morgan fingerprint density at radius 3 is 2.45 bits per heavy atom. The number of hydrogen-bond donors (Lipinski definition) is 1. The number of aliphatic hydroxyl groups is 1. The molecule has 0 aliphatic carbocycles. The number of carbonyl (C=O) groups is 1. The van der Waals surface area contributed by atoms with Gasteiger partial charge in [0.05, 0.1) is 17.5 Å². The topological polar surface area (TPSA) is 65.8 Å². The second-order valence-corrected chi connectivity index (χ2v) is 7.52. The van der Waals surface area contributed by atoms with Crippen LogP contribution in [0.3, 0.4) is 0 Å². The predicted octanol–water partition coefficient (Wildman–Crippen LogP) is 5.11. The lowest BCUT2D eigenvalue weighted by molar-refractivity contribution is 0.0993. The van der Waals surface area contributed by atoms with Gasteiger partial charge in [0.15, 0.2) is 5.13 Å². The van der Waals surface area contributed by atoms with Crippen molar-refractivity contribution in [3.63, 3.8) is 0 Å². The second-order valence-electron chi connectivity index (χ2n) is 6.68. The van der Waals surface area contributed by atoms with Crippen molar-refractivity contribution < 1.29 is 14.3 Å². The SMILES string of the molecule is C=C(C)C(C)O.CCCCC(=NC)c1csc(N(C)C(=O)c2ccc(F)cc2)n1. The Kier molecular flexibility index (Phi) is 10.4. The number of aliphatic hydroxyl groups excluding tert-OH is 1. The number of amides is 1. The van der Waals surface area contributed by atoms with Crippen LogP contribution < -0.4 is 4.90 Å². The molecule has 1 aromatic heterocycles. The summed E-state index contributed by atoms with van der Waals surface area (Å²) in [5.41, 5.74) is 3.02. The van der Waals surface area contributed by atoms with Crippen LogP contribution in [-0.2, 0) is 0 Å². The number of unbranched alkanes of at least 4 members (excludes halogenated alkanes) is 1. The fourth-order valence-corrected chi connectivity index (χ4v) is 2.92. The highest BCUT2D eigenvalue weighted by atomic mass is 32.1. The molecule has 0 aliphatic rings. The Morgan fingerprint density at radius 1 is 1.38 bits per heavy atom. The number of halogens is 1. The minimum Gasteiger partial charge on any atom is -0.389 e. The first kappa shape index (κ1) is 24.7. The quantitative estimate of drug-likeness (QED) is 0.501. The third-order valence-corrected chi connectivity index (χ3v) is 5.14. The summed E-state index contributed by atoms with van der Waals surface area (Å²) >= 11 is 1.40. The molecule has 1 heterocycles. The molecule has 2 aromatic rings. The molecule has 0 bridgehead atoms. The Hall–Kier alpha value is -2.38. The molecule has 1 unspecified atom stereocenters. The van der Waals surface area contributed by atoms with Crippen LogP contribution in [-0.4, -0.2) is 41.9 Å². The second kappa shape index (κ2) is 12.2. The Balaban J connectivity index is 0.000000612. The van der Waals surface area contributed by atoms with Crippen molar-refractivity contribution in [3.05, 3.63) is 58.9 Å². The van der Waals surface area contributed by atoms with E-state index in [2.05, 4.69) is 23.5 Å². The van der Waals surface area contributed by atoms with E-state index in [1.165, 1.54) is 40.5 Å². The van der Waals surface area contributed by atoms with E-state index in [1.54, 1.807) is 27.9 Å². The minimum absolute atomic E-state index is 0.213. The third kappa shape index (κ3) is 7.87. The van der Waals surface area contributed by atoms with Crippen LogP contribution in [0, 0.1) is 5.82 Å². The van der Waals surface area contributed by atoms with Crippen molar-refractivity contribution in [1.29, 1.82) is 0 Å². The molecule has 2 rings (SSSR count). The van der Waals surface area contributed by atoms with Crippen LogP contribution >= 0.6 is 11.3 Å². The van der Waals surface area contributed by atoms with Gasteiger partial charge in [0.25, 0.3) is 5.91 Å². The maximum atomic E-state index is 13.0. The van der Waals surface area contributed by atoms with Gasteiger partial charge >= 0.3 is 0 Å². The molecule has 0 saturated heterocycles. The maximum Gasteiger partial charge on any atom is 0.259 e. The highest BCUT2D eigenvalue weighted by Gasteiger charge is 2.18. The first-order valence-corrected chi connectivity index (χ1v) is 10.4. The van der Waals surface area contributed by atoms with Crippen molar-refractivity contribution in [1.82, 2.24) is 4.98 Å². The summed E-state index contributed by atoms with van der Waals surface area (Å²) in [5.74, 6) is -0.574. The summed E-state index contributed by atoms with van der Waals surface area (Å²) in [5, 5.41) is 11.1. The molecule has 1 amide bonds. The van der Waals surface area contributed by atoms with Gasteiger partial charge in [0.2, 0.25) is 0 Å². The van der Waals surface area contributed by atoms with Crippen LogP contribution in [0.25, 0.3) is 0 Å². The summed E-state index contributed by atoms with van der Waals surface area (Å²) in [6, 6.07) is 5.51. The van der Waals surface area contributed by atoms with Crippen LogP contribution in [0.2, 0.25) is 0 Å². The Morgan fingerprint density at radius 2 is 1.97 bits per heavy atom. The van der Waals surface area contributed by atoms with Crippen LogP contribution in [0.5, 0.6) is 0 Å². The van der Waals surface area contributed by atoms with Crippen LogP contribution in [0.15, 0.2) is 46.8 Å². The van der Waals surface area contributed by atoms with Crippen LogP contribution in [0.4, 0.5) is 9.52 Å². The van der Waals surface area contributed by atoms with E-state index in [0.29, 0.717) is 10.7 Å². The highest BCUT2D eigenvalue weighted by molar-refractivity contribution is 7.14. The number of hydrogen-bond acceptors (Lipinski definition) is 5. The van der Waals surface area contributed by atoms with E-state index < -0.39 is 0 Å². The lowest BCUT2D eigenvalue weighted by Gasteiger charge is -2.13. The van der Waals surface area contributed by atoms with Crippen molar-refractivity contribution >= 4 is 28.1 Å². The number of aliphatic imine (C=N–C) groups is 1. The largest absolute Gasteiger partial charge is 0.389 e. The van der Waals surface area contributed by atoms with Gasteiger partial charge in [-0.1, -0.05) is 25.5 Å². The summed E-state index contributed by atoms with van der Waals surface area (Å²) in [6.07, 6.45) is 2.69. The number of anilines is 1. The number of carbonyl (C=O) groups excluding carboxylic acids is 1. The van der Waals surface area contributed by atoms with Gasteiger partial charge in [-0.25, -0.2) is 9.37 Å². The molecule has 0 radical (unpaired) electrons. The lowest BCUT2D eigenvalue weighted by Crippen LogP contribution is -2.26. The predicted molar refractivity (Wildman–Crippen MR) is 120 cm³/mol. The molecule has 0 spiro atoms. The van der Waals surface area contributed by atoms with Crippen molar-refractivity contribution in [3.8, 4) is 0 Å². The summed E-state index contributed by atoms with van der Waals surface area (Å²) < 4.78 is 13.0. The van der Waals surface area contributed by atoms with Gasteiger partial charge in [-0.05, 0) is 51.0 Å². The van der Waals surface area contributed by atoms with Gasteiger partial charge in [-0.15, -0.1) is 11.3 Å². The van der Waals surface area contributed by atoms with Gasteiger partial charge in [-0.2, -0.15) is 0 Å². The molecule has 1 atom stereocenters. The standard InChI is InChI=1S/C17H20FN3OS.C5H10O/c1-4-5-6-14(19-2)15-11-23-17(20-15)21(3)16(22)12-7-9-13(18)10-8-12;1-4(2)5(3)6/h7-11H,4-6H2,1-3H3;5-6H,1H2,2-3H3. The fourth-order valence-electron chi connectivity index (χ4n) is 2.12. The van der Waals surface area contributed by atoms with Crippen molar-refractivity contribution in [2.24, 2.45) is 4.99 Å². The number of nitrogens with zero attached hydrogens (tertiary/aromatic N) is 3. The first-order valence-electron chi connectivity index (χ1n) is 9.49. The van der Waals surface area contributed by atoms with Gasteiger partial charge in [0.1, 0.15) is 5.82 Å². The third-order valence-electron chi connectivity index (χ3n) is 4.22. The fraction of sp³-hybridized carbons (Fsp3) is 0.409. The molecule has 29 heavy (non-hydrogen) atoms. The van der Waals surface area contributed by atoms with E-state index in [0.717, 1.165) is 36.2 Å². The highest BCUT2D eigenvalue weighted by Crippen LogP contribution is 2.22. The lowest BCUT2D eigenvalue weighted by atomic mass is 10.1. The number of aromatic nitrogens is 1. The molecule has 0 saturated carbocycles. The van der Waals surface area contributed by atoms with Crippen molar-refractivity contribution in [2.45, 2.75) is 46.1 Å². The zero-order chi connectivity index (χ0) is 22.0. The van der Waals surface area contributed by atoms with Gasteiger partial charge in [-0.3, -0.25) is 14.7 Å². The molecule has 5 nitrogen and oxygen atoms in total. The molecular formula is C22H30FN3O2S. The molecule has 7 heteroatoms. The molecular weight excluding hydrogens is 389 g/mol. The molecule has 0 aliphatic heterocycles. The van der Waals surface area contributed by atoms with Crippen molar-refractivity contribution in [2.75, 3.05) is 19.0 Å². The zero-order valence-corrected chi connectivity index (χ0v) is 18.6. The van der Waals surface area contributed by atoms with E-state index in [-0.39, 0.29) is 17.8 Å². The van der Waals surface area contributed by atoms with Gasteiger partial charge in [0, 0.05) is 25.0 Å². The molecule has 1 N–H and O–H groups in total. The Bertz CT molecular complexity index is 829. The summed E-state index contributed by atoms with van der Waals surface area (Å²) in [4.78, 5) is 22.7. The number of rotatable bonds is 7. The minimum atomic E-state index is -0.361. The maximum absolute atomic E-state index is 13.0. The van der Waals surface area contributed by atoms with E-state index in [4.69, 9.17) is 5.11 Å².